The number of para-hydroxylation sites is 1. The lowest BCUT2D eigenvalue weighted by Gasteiger charge is -2.30. The zero-order chi connectivity index (χ0) is 27.7. The molecule has 0 aliphatic carbocycles. The van der Waals surface area contributed by atoms with E-state index in [2.05, 4.69) is 10.1 Å². The fourth-order valence-corrected chi connectivity index (χ4v) is 7.29. The van der Waals surface area contributed by atoms with Gasteiger partial charge in [0.15, 0.2) is 0 Å². The number of hydrazone groups is 1. The highest BCUT2D eigenvalue weighted by molar-refractivity contribution is 7.92. The minimum Gasteiger partial charge on any atom is -0.267 e. The molecule has 0 saturated heterocycles. The maximum Gasteiger partial charge on any atom is 0.280 e. The summed E-state index contributed by atoms with van der Waals surface area (Å²) >= 11 is 1.38. The van der Waals surface area contributed by atoms with Crippen LogP contribution in [0.1, 0.15) is 33.5 Å². The highest BCUT2D eigenvalue weighted by Crippen LogP contribution is 2.33. The molecule has 0 bridgehead atoms. The second kappa shape index (κ2) is 10.7. The van der Waals surface area contributed by atoms with Crippen molar-refractivity contribution in [3.63, 3.8) is 0 Å². The molecule has 1 aromatic heterocycles. The lowest BCUT2D eigenvalue weighted by Crippen LogP contribution is -2.35. The van der Waals surface area contributed by atoms with Crippen LogP contribution in [0.3, 0.4) is 0 Å². The first kappa shape index (κ1) is 25.9. The van der Waals surface area contributed by atoms with Crippen molar-refractivity contribution < 1.29 is 13.2 Å². The van der Waals surface area contributed by atoms with Crippen LogP contribution >= 0.6 is 11.3 Å². The number of hydrogen-bond acceptors (Lipinski definition) is 6. The van der Waals surface area contributed by atoms with Gasteiger partial charge >= 0.3 is 0 Å². The Balaban J connectivity index is 1.33. The Morgan fingerprint density at radius 3 is 2.52 bits per heavy atom. The van der Waals surface area contributed by atoms with E-state index in [1.807, 2.05) is 79.7 Å². The van der Waals surface area contributed by atoms with Crippen LogP contribution in [0.4, 0.5) is 10.8 Å². The number of rotatable bonds is 6. The molecule has 0 N–H and O–H groups in total. The number of amides is 1. The minimum atomic E-state index is -3.79. The van der Waals surface area contributed by atoms with Gasteiger partial charge in [0.05, 0.1) is 27.0 Å². The van der Waals surface area contributed by atoms with E-state index in [-0.39, 0.29) is 4.90 Å². The van der Waals surface area contributed by atoms with Crippen molar-refractivity contribution in [1.82, 2.24) is 4.98 Å². The molecule has 0 radical (unpaired) electrons. The van der Waals surface area contributed by atoms with E-state index in [9.17, 15) is 13.2 Å². The van der Waals surface area contributed by atoms with Gasteiger partial charge in [0.25, 0.3) is 15.9 Å². The second-order valence-electron chi connectivity index (χ2n) is 9.57. The van der Waals surface area contributed by atoms with E-state index in [0.717, 1.165) is 39.7 Å². The molecule has 0 saturated carbocycles. The number of sulfonamides is 1. The molecular weight excluding hydrogens is 541 g/mol. The number of carbonyl (C=O) groups is 1. The monoisotopic (exact) mass is 566 g/mol. The Bertz CT molecular complexity index is 1830. The lowest BCUT2D eigenvalue weighted by atomic mass is 10.0. The van der Waals surface area contributed by atoms with Crippen molar-refractivity contribution in [3.8, 4) is 0 Å². The molecule has 9 heteroatoms. The van der Waals surface area contributed by atoms with Crippen molar-refractivity contribution in [2.45, 2.75) is 24.7 Å². The van der Waals surface area contributed by atoms with Crippen LogP contribution in [-0.4, -0.2) is 32.1 Å². The van der Waals surface area contributed by atoms with Gasteiger partial charge in [-0.15, -0.1) is 0 Å². The van der Waals surface area contributed by atoms with Gasteiger partial charge in [-0.2, -0.15) is 10.1 Å². The zero-order valence-corrected chi connectivity index (χ0v) is 23.4. The molecule has 0 atom stereocenters. The van der Waals surface area contributed by atoms with Crippen LogP contribution < -0.4 is 9.31 Å². The molecule has 6 rings (SSSR count). The summed E-state index contributed by atoms with van der Waals surface area (Å²) in [6.07, 6.45) is 3.21. The third-order valence-electron chi connectivity index (χ3n) is 6.78. The number of nitrogens with zero attached hydrogens (tertiary/aromatic N) is 4. The van der Waals surface area contributed by atoms with Crippen LogP contribution in [-0.2, 0) is 16.4 Å². The van der Waals surface area contributed by atoms with Crippen molar-refractivity contribution in [3.05, 3.63) is 119 Å². The van der Waals surface area contributed by atoms with Gasteiger partial charge < -0.3 is 0 Å². The third kappa shape index (κ3) is 5.01. The van der Waals surface area contributed by atoms with Crippen LogP contribution in [0.5, 0.6) is 0 Å². The van der Waals surface area contributed by atoms with E-state index in [0.29, 0.717) is 22.9 Å². The van der Waals surface area contributed by atoms with Gasteiger partial charge in [-0.25, -0.2) is 13.4 Å². The van der Waals surface area contributed by atoms with Crippen LogP contribution in [0.15, 0.2) is 107 Å². The molecule has 0 fully saturated rings. The molecule has 200 valence electrons. The second-order valence-corrected chi connectivity index (χ2v) is 12.4. The van der Waals surface area contributed by atoms with E-state index in [1.165, 1.54) is 44.9 Å². The Morgan fingerprint density at radius 2 is 1.73 bits per heavy atom. The highest BCUT2D eigenvalue weighted by Gasteiger charge is 2.29. The first-order chi connectivity index (χ1) is 19.4. The van der Waals surface area contributed by atoms with Gasteiger partial charge in [-0.1, -0.05) is 65.9 Å². The first-order valence-corrected chi connectivity index (χ1v) is 15.2. The van der Waals surface area contributed by atoms with Gasteiger partial charge in [0.1, 0.15) is 0 Å². The van der Waals surface area contributed by atoms with Crippen LogP contribution in [0.2, 0.25) is 0 Å². The summed E-state index contributed by atoms with van der Waals surface area (Å²) in [5.74, 6) is -0.407. The topological polar surface area (TPSA) is 82.9 Å². The molecule has 7 nitrogen and oxygen atoms in total. The number of fused-ring (bicyclic) bond motifs is 2. The summed E-state index contributed by atoms with van der Waals surface area (Å²) in [5.41, 5.74) is 4.74. The van der Waals surface area contributed by atoms with Crippen molar-refractivity contribution in [2.75, 3.05) is 15.9 Å². The number of aromatic nitrogens is 1. The van der Waals surface area contributed by atoms with E-state index < -0.39 is 15.9 Å². The first-order valence-electron chi connectivity index (χ1n) is 12.9. The molecule has 0 spiro atoms. The Labute approximate surface area is 237 Å². The van der Waals surface area contributed by atoms with E-state index in [1.54, 1.807) is 6.21 Å². The predicted octanol–water partition coefficient (Wildman–Crippen LogP) is 6.43. The predicted molar refractivity (Wildman–Crippen MR) is 161 cm³/mol. The molecule has 40 heavy (non-hydrogen) atoms. The molecule has 1 aliphatic heterocycles. The molecule has 5 aromatic rings. The molecule has 1 amide bonds. The smallest absolute Gasteiger partial charge is 0.267 e. The number of anilines is 2. The number of aryl methyl sites for hydroxylation is 2. The Hall–Kier alpha value is -4.34. The number of hydrogen-bond donors (Lipinski definition) is 0. The number of benzene rings is 4. The van der Waals surface area contributed by atoms with Gasteiger partial charge in [-0.3, -0.25) is 9.10 Å². The van der Waals surface area contributed by atoms with E-state index in [4.69, 9.17) is 0 Å². The molecular formula is C31H26N4O3S2. The highest BCUT2D eigenvalue weighted by atomic mass is 32.2. The normalized spacial score (nSPS) is 13.5. The van der Waals surface area contributed by atoms with Crippen molar-refractivity contribution in [2.24, 2.45) is 5.10 Å². The maximum absolute atomic E-state index is 13.8. The third-order valence-corrected chi connectivity index (χ3v) is 9.61. The fraction of sp³-hybridized carbons (Fsp3) is 0.129. The standard InChI is InChI=1S/C31H26N4O3S2/c1-22-13-18-27-29(20-22)39-31(33-27)35(32-21-23-8-3-2-4-9-23)30(36)25-14-16-26(17-15-25)40(37,38)34-19-7-11-24-10-5-6-12-28(24)34/h2-6,8-10,12-18,20-21H,7,11,19H2,1H3/b32-21+. The molecule has 4 aromatic carbocycles. The summed E-state index contributed by atoms with van der Waals surface area (Å²) in [4.78, 5) is 18.6. The van der Waals surface area contributed by atoms with Gasteiger partial charge in [-0.05, 0) is 78.9 Å². The number of carbonyl (C=O) groups excluding carboxylic acids is 1. The average molecular weight is 567 g/mol. The molecule has 1 aliphatic rings. The molecule has 2 heterocycles. The quantitative estimate of drug-likeness (QED) is 0.175. The largest absolute Gasteiger partial charge is 0.280 e. The average Bonchev–Trinajstić information content (AvgIpc) is 3.40. The van der Waals surface area contributed by atoms with Crippen molar-refractivity contribution >= 4 is 54.5 Å². The van der Waals surface area contributed by atoms with E-state index >= 15 is 0 Å². The van der Waals surface area contributed by atoms with Gasteiger partial charge in [0.2, 0.25) is 5.13 Å². The maximum atomic E-state index is 13.8. The van der Waals surface area contributed by atoms with Crippen LogP contribution in [0.25, 0.3) is 10.2 Å². The summed E-state index contributed by atoms with van der Waals surface area (Å²) < 4.78 is 29.6. The summed E-state index contributed by atoms with van der Waals surface area (Å²) in [6.45, 7) is 2.42. The van der Waals surface area contributed by atoms with Gasteiger partial charge in [0, 0.05) is 12.1 Å². The number of thiazole rings is 1. The molecule has 0 unspecified atom stereocenters. The zero-order valence-electron chi connectivity index (χ0n) is 21.8. The Kier molecular flexibility index (Phi) is 6.91. The summed E-state index contributed by atoms with van der Waals surface area (Å²) in [5, 5.41) is 6.21. The fourth-order valence-electron chi connectivity index (χ4n) is 4.73. The lowest BCUT2D eigenvalue weighted by molar-refractivity contribution is 0.0987. The Morgan fingerprint density at radius 1 is 0.975 bits per heavy atom. The summed E-state index contributed by atoms with van der Waals surface area (Å²) in [6, 6.07) is 29.0. The SMILES string of the molecule is Cc1ccc2nc(N(/N=C/c3ccccc3)C(=O)c3ccc(S(=O)(=O)N4CCCc5ccccc54)cc3)sc2c1. The van der Waals surface area contributed by atoms with Crippen LogP contribution in [0, 0.1) is 6.92 Å². The summed E-state index contributed by atoms with van der Waals surface area (Å²) in [7, 11) is -3.79. The minimum absolute atomic E-state index is 0.135. The van der Waals surface area contributed by atoms with Crippen molar-refractivity contribution in [1.29, 1.82) is 0 Å².